The Balaban J connectivity index is 4.22. The van der Waals surface area contributed by atoms with Crippen LogP contribution in [0, 0.1) is 11.3 Å². The van der Waals surface area contributed by atoms with E-state index >= 15 is 0 Å². The van der Waals surface area contributed by atoms with E-state index in [1.165, 1.54) is 0 Å². The third-order valence-electron chi connectivity index (χ3n) is 2.60. The SMILES string of the molecule is C=CC(C)C(C)(C)C(C)O. The van der Waals surface area contributed by atoms with Gasteiger partial charge in [-0.2, -0.15) is 0 Å². The highest BCUT2D eigenvalue weighted by Crippen LogP contribution is 2.30. The highest BCUT2D eigenvalue weighted by Gasteiger charge is 2.28. The van der Waals surface area contributed by atoms with Crippen molar-refractivity contribution in [3.8, 4) is 0 Å². The molecule has 0 aromatic rings. The molecule has 0 aliphatic heterocycles. The van der Waals surface area contributed by atoms with Gasteiger partial charge < -0.3 is 5.11 Å². The molecule has 0 amide bonds. The summed E-state index contributed by atoms with van der Waals surface area (Å²) in [5.74, 6) is 0.354. The fourth-order valence-electron chi connectivity index (χ4n) is 0.684. The summed E-state index contributed by atoms with van der Waals surface area (Å²) in [5.41, 5.74) is -0.0538. The predicted molar refractivity (Wildman–Crippen MR) is 44.8 cm³/mol. The van der Waals surface area contributed by atoms with Gasteiger partial charge in [-0.3, -0.25) is 0 Å². The van der Waals surface area contributed by atoms with Crippen LogP contribution in [-0.4, -0.2) is 11.2 Å². The molecular formula is C9H18O. The molecule has 0 heterocycles. The first kappa shape index (κ1) is 9.70. The van der Waals surface area contributed by atoms with Crippen LogP contribution in [0.5, 0.6) is 0 Å². The third-order valence-corrected chi connectivity index (χ3v) is 2.60. The van der Waals surface area contributed by atoms with Crippen LogP contribution in [0.2, 0.25) is 0 Å². The van der Waals surface area contributed by atoms with Gasteiger partial charge >= 0.3 is 0 Å². The lowest BCUT2D eigenvalue weighted by Gasteiger charge is -2.32. The Labute approximate surface area is 63.8 Å². The summed E-state index contributed by atoms with van der Waals surface area (Å²) in [4.78, 5) is 0. The van der Waals surface area contributed by atoms with Crippen molar-refractivity contribution in [1.82, 2.24) is 0 Å². The van der Waals surface area contributed by atoms with E-state index in [2.05, 4.69) is 13.5 Å². The minimum Gasteiger partial charge on any atom is -0.393 e. The molecule has 1 N–H and O–H groups in total. The topological polar surface area (TPSA) is 20.2 Å². The van der Waals surface area contributed by atoms with Crippen LogP contribution in [0.25, 0.3) is 0 Å². The maximum absolute atomic E-state index is 9.33. The zero-order valence-electron chi connectivity index (χ0n) is 7.39. The molecule has 2 atom stereocenters. The lowest BCUT2D eigenvalue weighted by molar-refractivity contribution is 0.0404. The van der Waals surface area contributed by atoms with Crippen LogP contribution < -0.4 is 0 Å². The molecule has 0 bridgehead atoms. The normalized spacial score (nSPS) is 18.1. The van der Waals surface area contributed by atoms with E-state index in [9.17, 15) is 5.11 Å². The molecule has 0 saturated heterocycles. The molecule has 0 fully saturated rings. The number of aliphatic hydroxyl groups excluding tert-OH is 1. The quantitative estimate of drug-likeness (QED) is 0.599. The van der Waals surface area contributed by atoms with Gasteiger partial charge in [0.2, 0.25) is 0 Å². The second-order valence-corrected chi connectivity index (χ2v) is 3.52. The molecule has 0 aliphatic carbocycles. The Hall–Kier alpha value is -0.300. The summed E-state index contributed by atoms with van der Waals surface area (Å²) in [5, 5.41) is 9.33. The van der Waals surface area contributed by atoms with E-state index in [0.29, 0.717) is 5.92 Å². The number of aliphatic hydroxyl groups is 1. The highest BCUT2D eigenvalue weighted by molar-refractivity contribution is 4.90. The lowest BCUT2D eigenvalue weighted by atomic mass is 9.76. The van der Waals surface area contributed by atoms with Crippen LogP contribution in [0.1, 0.15) is 27.7 Å². The molecule has 1 heteroatoms. The number of hydrogen-bond acceptors (Lipinski definition) is 1. The van der Waals surface area contributed by atoms with Gasteiger partial charge in [0, 0.05) is 0 Å². The molecule has 0 radical (unpaired) electrons. The monoisotopic (exact) mass is 142 g/mol. The zero-order chi connectivity index (χ0) is 8.36. The van der Waals surface area contributed by atoms with Crippen LogP contribution in [0.15, 0.2) is 12.7 Å². The Morgan fingerprint density at radius 1 is 1.40 bits per heavy atom. The average molecular weight is 142 g/mol. The molecule has 0 aromatic heterocycles. The minimum atomic E-state index is -0.277. The number of hydrogen-bond donors (Lipinski definition) is 1. The van der Waals surface area contributed by atoms with Crippen molar-refractivity contribution in [3.05, 3.63) is 12.7 Å². The smallest absolute Gasteiger partial charge is 0.0568 e. The molecule has 1 nitrogen and oxygen atoms in total. The maximum Gasteiger partial charge on any atom is 0.0568 e. The summed E-state index contributed by atoms with van der Waals surface area (Å²) in [7, 11) is 0. The van der Waals surface area contributed by atoms with Crippen LogP contribution in [0.4, 0.5) is 0 Å². The Bertz CT molecular complexity index is 114. The van der Waals surface area contributed by atoms with Crippen LogP contribution in [0.3, 0.4) is 0 Å². The predicted octanol–water partition coefficient (Wildman–Crippen LogP) is 2.22. The van der Waals surface area contributed by atoms with E-state index < -0.39 is 0 Å². The summed E-state index contributed by atoms with van der Waals surface area (Å²) in [6.45, 7) is 11.7. The molecule has 0 aliphatic rings. The van der Waals surface area contributed by atoms with Crippen molar-refractivity contribution in [2.75, 3.05) is 0 Å². The van der Waals surface area contributed by atoms with E-state index in [1.807, 2.05) is 26.8 Å². The van der Waals surface area contributed by atoms with Gasteiger partial charge in [-0.25, -0.2) is 0 Å². The van der Waals surface area contributed by atoms with Gasteiger partial charge in [0.1, 0.15) is 0 Å². The molecule has 2 unspecified atom stereocenters. The van der Waals surface area contributed by atoms with Crippen LogP contribution in [-0.2, 0) is 0 Å². The molecule has 10 heavy (non-hydrogen) atoms. The van der Waals surface area contributed by atoms with Gasteiger partial charge in [0.05, 0.1) is 6.10 Å². The zero-order valence-corrected chi connectivity index (χ0v) is 7.39. The minimum absolute atomic E-state index is 0.0538. The summed E-state index contributed by atoms with van der Waals surface area (Å²) < 4.78 is 0. The van der Waals surface area contributed by atoms with Crippen LogP contribution >= 0.6 is 0 Å². The number of allylic oxidation sites excluding steroid dienone is 1. The fourth-order valence-corrected chi connectivity index (χ4v) is 0.684. The standard InChI is InChI=1S/C9H18O/c1-6-7(2)9(4,5)8(3)10/h6-8,10H,1H2,2-5H3. The van der Waals surface area contributed by atoms with E-state index in [4.69, 9.17) is 0 Å². The highest BCUT2D eigenvalue weighted by atomic mass is 16.3. The third kappa shape index (κ3) is 1.84. The van der Waals surface area contributed by atoms with E-state index in [0.717, 1.165) is 0 Å². The van der Waals surface area contributed by atoms with Crippen molar-refractivity contribution < 1.29 is 5.11 Å². The Morgan fingerprint density at radius 2 is 1.80 bits per heavy atom. The first-order valence-corrected chi connectivity index (χ1v) is 3.73. The van der Waals surface area contributed by atoms with Gasteiger partial charge in [0.25, 0.3) is 0 Å². The number of rotatable bonds is 3. The first-order valence-electron chi connectivity index (χ1n) is 3.73. The first-order chi connectivity index (χ1) is 4.42. The van der Waals surface area contributed by atoms with Gasteiger partial charge in [-0.1, -0.05) is 26.8 Å². The summed E-state index contributed by atoms with van der Waals surface area (Å²) >= 11 is 0. The van der Waals surface area contributed by atoms with Crippen molar-refractivity contribution in [3.63, 3.8) is 0 Å². The Morgan fingerprint density at radius 3 is 1.90 bits per heavy atom. The lowest BCUT2D eigenvalue weighted by Crippen LogP contribution is -2.32. The molecule has 0 rings (SSSR count). The largest absolute Gasteiger partial charge is 0.393 e. The molecule has 0 aromatic carbocycles. The maximum atomic E-state index is 9.33. The van der Waals surface area contributed by atoms with Crippen molar-refractivity contribution in [2.24, 2.45) is 11.3 Å². The molecule has 0 saturated carbocycles. The second kappa shape index (κ2) is 3.20. The molecule has 60 valence electrons. The second-order valence-electron chi connectivity index (χ2n) is 3.52. The van der Waals surface area contributed by atoms with Gasteiger partial charge in [-0.15, -0.1) is 6.58 Å². The van der Waals surface area contributed by atoms with Gasteiger partial charge in [-0.05, 0) is 18.3 Å². The Kier molecular flexibility index (Phi) is 3.10. The van der Waals surface area contributed by atoms with E-state index in [1.54, 1.807) is 0 Å². The summed E-state index contributed by atoms with van der Waals surface area (Å²) in [6.07, 6.45) is 1.60. The van der Waals surface area contributed by atoms with Gasteiger partial charge in [0.15, 0.2) is 0 Å². The van der Waals surface area contributed by atoms with Crippen molar-refractivity contribution in [2.45, 2.75) is 33.8 Å². The summed E-state index contributed by atoms with van der Waals surface area (Å²) in [6, 6.07) is 0. The average Bonchev–Trinajstić information content (AvgIpc) is 1.86. The van der Waals surface area contributed by atoms with Crippen molar-refractivity contribution in [1.29, 1.82) is 0 Å². The van der Waals surface area contributed by atoms with Crippen molar-refractivity contribution >= 4 is 0 Å². The fraction of sp³-hybridized carbons (Fsp3) is 0.778. The molecular weight excluding hydrogens is 124 g/mol. The molecule has 0 spiro atoms. The van der Waals surface area contributed by atoms with E-state index in [-0.39, 0.29) is 11.5 Å².